The van der Waals surface area contributed by atoms with Gasteiger partial charge in [0, 0.05) is 18.4 Å². The molecule has 1 aromatic carbocycles. The number of carbonyl (C=O) groups excluding carboxylic acids is 3. The lowest BCUT2D eigenvalue weighted by Crippen LogP contribution is -2.54. The SMILES string of the molecule is C=CCC(NC(=O)C(O)Cc1ccc(O)c(O)c1)C(=O)N1CCCC1C(=O)O[C@@H]1CC2CCC1(C)C2(C)C. The van der Waals surface area contributed by atoms with E-state index in [2.05, 4.69) is 32.7 Å². The number of esters is 1. The molecule has 0 radical (unpaired) electrons. The van der Waals surface area contributed by atoms with E-state index in [1.807, 2.05) is 0 Å². The second-order valence-corrected chi connectivity index (χ2v) is 11.9. The van der Waals surface area contributed by atoms with Crippen LogP contribution in [-0.4, -0.2) is 68.8 Å². The van der Waals surface area contributed by atoms with Crippen molar-refractivity contribution in [2.45, 2.75) is 90.0 Å². The molecule has 3 aliphatic rings. The van der Waals surface area contributed by atoms with E-state index in [0.717, 1.165) is 19.3 Å². The van der Waals surface area contributed by atoms with Crippen LogP contribution in [-0.2, 0) is 25.5 Å². The minimum absolute atomic E-state index is 0.0788. The van der Waals surface area contributed by atoms with Gasteiger partial charge in [-0.1, -0.05) is 32.9 Å². The van der Waals surface area contributed by atoms with E-state index >= 15 is 0 Å². The van der Waals surface area contributed by atoms with E-state index in [0.29, 0.717) is 30.9 Å². The summed E-state index contributed by atoms with van der Waals surface area (Å²) in [6.07, 6.45) is 4.04. The standard InChI is InChI=1S/C29H40N2O7/c1-5-7-19(30-25(35)23(34)15-17-9-10-21(32)22(33)14-17)26(36)31-13-6-8-20(31)27(37)38-24-16-18-11-12-29(24,4)28(18,2)3/h5,9-10,14,18-20,23-24,32-34H,1,6-8,11-13,15-16H2,2-4H3,(H,30,35)/t18?,19?,20?,23?,24-,29?/m1/s1. The van der Waals surface area contributed by atoms with Crippen molar-refractivity contribution in [2.75, 3.05) is 6.54 Å². The maximum atomic E-state index is 13.5. The number of nitrogens with zero attached hydrogens (tertiary/aromatic N) is 1. The smallest absolute Gasteiger partial charge is 0.329 e. The molecule has 2 aliphatic carbocycles. The highest BCUT2D eigenvalue weighted by Crippen LogP contribution is 2.66. The lowest BCUT2D eigenvalue weighted by molar-refractivity contribution is -0.165. The Morgan fingerprint density at radius 1 is 1.21 bits per heavy atom. The zero-order chi connectivity index (χ0) is 27.8. The minimum Gasteiger partial charge on any atom is -0.504 e. The summed E-state index contributed by atoms with van der Waals surface area (Å²) in [5.74, 6) is -1.69. The summed E-state index contributed by atoms with van der Waals surface area (Å²) in [6, 6.07) is 2.31. The number of nitrogens with one attached hydrogen (secondary N) is 1. The third-order valence-corrected chi connectivity index (χ3v) is 9.57. The fraction of sp³-hybridized carbons (Fsp3) is 0.621. The molecule has 1 aliphatic heterocycles. The van der Waals surface area contributed by atoms with Crippen LogP contribution in [0.4, 0.5) is 0 Å². The van der Waals surface area contributed by atoms with Crippen LogP contribution in [0.2, 0.25) is 0 Å². The van der Waals surface area contributed by atoms with Crippen molar-refractivity contribution in [1.29, 1.82) is 0 Å². The molecule has 1 aromatic rings. The van der Waals surface area contributed by atoms with Gasteiger partial charge in [0.15, 0.2) is 11.5 Å². The van der Waals surface area contributed by atoms with E-state index in [9.17, 15) is 29.7 Å². The summed E-state index contributed by atoms with van der Waals surface area (Å²) in [5.41, 5.74) is 0.460. The van der Waals surface area contributed by atoms with Gasteiger partial charge in [-0.15, -0.1) is 6.58 Å². The van der Waals surface area contributed by atoms with E-state index in [1.54, 1.807) is 0 Å². The van der Waals surface area contributed by atoms with Crippen LogP contribution in [0.15, 0.2) is 30.9 Å². The Labute approximate surface area is 223 Å². The number of phenolic OH excluding ortho intramolecular Hbond substituents is 2. The number of hydrogen-bond donors (Lipinski definition) is 4. The third kappa shape index (κ3) is 5.00. The predicted octanol–water partition coefficient (Wildman–Crippen LogP) is 2.81. The zero-order valence-electron chi connectivity index (χ0n) is 22.5. The van der Waals surface area contributed by atoms with Gasteiger partial charge in [-0.25, -0.2) is 4.79 Å². The number of aromatic hydroxyl groups is 2. The molecule has 5 unspecified atom stereocenters. The summed E-state index contributed by atoms with van der Waals surface area (Å²) in [7, 11) is 0. The number of fused-ring (bicyclic) bond motifs is 2. The molecule has 0 spiro atoms. The number of likely N-dealkylation sites (tertiary alicyclic amines) is 1. The molecule has 1 saturated heterocycles. The van der Waals surface area contributed by atoms with Gasteiger partial charge in [0.1, 0.15) is 24.3 Å². The van der Waals surface area contributed by atoms with Crippen LogP contribution < -0.4 is 5.32 Å². The summed E-state index contributed by atoms with van der Waals surface area (Å²) in [6.45, 7) is 10.8. The zero-order valence-corrected chi connectivity index (χ0v) is 22.5. The molecule has 6 atom stereocenters. The van der Waals surface area contributed by atoms with Crippen molar-refractivity contribution in [2.24, 2.45) is 16.7 Å². The Hall–Kier alpha value is -3.07. The van der Waals surface area contributed by atoms with Gasteiger partial charge in [-0.05, 0) is 67.6 Å². The topological polar surface area (TPSA) is 136 Å². The second-order valence-electron chi connectivity index (χ2n) is 11.9. The van der Waals surface area contributed by atoms with Crippen molar-refractivity contribution < 1.29 is 34.4 Å². The molecule has 2 amide bonds. The highest BCUT2D eigenvalue weighted by molar-refractivity contribution is 5.92. The molecule has 4 rings (SSSR count). The van der Waals surface area contributed by atoms with Crippen molar-refractivity contribution in [3.63, 3.8) is 0 Å². The summed E-state index contributed by atoms with van der Waals surface area (Å²) in [5, 5.41) is 32.1. The van der Waals surface area contributed by atoms with Gasteiger partial charge in [-0.2, -0.15) is 0 Å². The summed E-state index contributed by atoms with van der Waals surface area (Å²) in [4.78, 5) is 41.0. The number of carbonyl (C=O) groups is 3. The lowest BCUT2D eigenvalue weighted by atomic mass is 9.70. The molecule has 3 fully saturated rings. The lowest BCUT2D eigenvalue weighted by Gasteiger charge is -2.39. The van der Waals surface area contributed by atoms with Crippen molar-refractivity contribution >= 4 is 17.8 Å². The monoisotopic (exact) mass is 528 g/mol. The van der Waals surface area contributed by atoms with Crippen molar-refractivity contribution in [3.05, 3.63) is 36.4 Å². The van der Waals surface area contributed by atoms with Gasteiger partial charge in [-0.3, -0.25) is 9.59 Å². The van der Waals surface area contributed by atoms with Crippen LogP contribution in [0.5, 0.6) is 11.5 Å². The number of aliphatic hydroxyl groups excluding tert-OH is 1. The molecule has 9 nitrogen and oxygen atoms in total. The molecule has 2 bridgehead atoms. The maximum Gasteiger partial charge on any atom is 0.329 e. The van der Waals surface area contributed by atoms with E-state index in [1.165, 1.54) is 29.2 Å². The normalized spacial score (nSPS) is 29.1. The highest BCUT2D eigenvalue weighted by Gasteiger charge is 2.63. The van der Waals surface area contributed by atoms with Crippen LogP contribution in [0, 0.1) is 16.7 Å². The van der Waals surface area contributed by atoms with Gasteiger partial charge in [0.25, 0.3) is 0 Å². The fourth-order valence-corrected chi connectivity index (χ4v) is 6.67. The Kier molecular flexibility index (Phi) is 7.79. The van der Waals surface area contributed by atoms with Crippen molar-refractivity contribution in [1.82, 2.24) is 10.2 Å². The van der Waals surface area contributed by atoms with E-state index in [-0.39, 0.29) is 47.2 Å². The quantitative estimate of drug-likeness (QED) is 0.220. The minimum atomic E-state index is -1.49. The van der Waals surface area contributed by atoms with Gasteiger partial charge < -0.3 is 30.3 Å². The fourth-order valence-electron chi connectivity index (χ4n) is 6.67. The molecule has 38 heavy (non-hydrogen) atoms. The highest BCUT2D eigenvalue weighted by atomic mass is 16.5. The average Bonchev–Trinajstić information content (AvgIpc) is 3.49. The number of amides is 2. The number of ether oxygens (including phenoxy) is 1. The van der Waals surface area contributed by atoms with E-state index < -0.39 is 30.0 Å². The summed E-state index contributed by atoms with van der Waals surface area (Å²) >= 11 is 0. The van der Waals surface area contributed by atoms with Crippen LogP contribution >= 0.6 is 0 Å². The Morgan fingerprint density at radius 3 is 2.55 bits per heavy atom. The first-order valence-electron chi connectivity index (χ1n) is 13.5. The van der Waals surface area contributed by atoms with E-state index in [4.69, 9.17) is 4.74 Å². The molecular formula is C29H40N2O7. The number of phenols is 2. The van der Waals surface area contributed by atoms with Crippen LogP contribution in [0.25, 0.3) is 0 Å². The largest absolute Gasteiger partial charge is 0.504 e. The second kappa shape index (κ2) is 10.6. The van der Waals surface area contributed by atoms with Crippen LogP contribution in [0.1, 0.15) is 64.9 Å². The molecule has 2 saturated carbocycles. The molecule has 9 heteroatoms. The number of rotatable bonds is 9. The number of aliphatic hydroxyl groups is 1. The molecule has 4 N–H and O–H groups in total. The first kappa shape index (κ1) is 28.0. The third-order valence-electron chi connectivity index (χ3n) is 9.57. The molecule has 208 valence electrons. The maximum absolute atomic E-state index is 13.5. The Morgan fingerprint density at radius 2 is 1.95 bits per heavy atom. The Balaban J connectivity index is 1.39. The average molecular weight is 529 g/mol. The van der Waals surface area contributed by atoms with Gasteiger partial charge in [0.05, 0.1) is 0 Å². The van der Waals surface area contributed by atoms with Crippen LogP contribution in [0.3, 0.4) is 0 Å². The molecule has 0 aromatic heterocycles. The predicted molar refractivity (Wildman–Crippen MR) is 140 cm³/mol. The molecular weight excluding hydrogens is 488 g/mol. The van der Waals surface area contributed by atoms with Gasteiger partial charge >= 0.3 is 5.97 Å². The first-order valence-corrected chi connectivity index (χ1v) is 13.5. The Bertz CT molecular complexity index is 1100. The number of benzene rings is 1. The first-order chi connectivity index (χ1) is 17.9. The van der Waals surface area contributed by atoms with Gasteiger partial charge in [0.2, 0.25) is 11.8 Å². The van der Waals surface area contributed by atoms with Crippen molar-refractivity contribution in [3.8, 4) is 11.5 Å². The summed E-state index contributed by atoms with van der Waals surface area (Å²) < 4.78 is 6.07. The number of hydrogen-bond acceptors (Lipinski definition) is 7. The molecule has 1 heterocycles.